The molecule has 0 atom stereocenters. The van der Waals surface area contributed by atoms with E-state index in [9.17, 15) is 4.79 Å². The molecule has 4 heterocycles. The number of hydrogen-bond donors (Lipinski definition) is 1. The number of nitrogens with zero attached hydrogens (tertiary/aromatic N) is 3. The van der Waals surface area contributed by atoms with E-state index in [1.54, 1.807) is 6.20 Å². The molecule has 0 bridgehead atoms. The van der Waals surface area contributed by atoms with Crippen LogP contribution in [0.25, 0.3) is 10.9 Å². The van der Waals surface area contributed by atoms with Crippen molar-refractivity contribution in [3.63, 3.8) is 0 Å². The molecule has 0 unspecified atom stereocenters. The maximum absolute atomic E-state index is 13.4. The first-order valence-electron chi connectivity index (χ1n) is 12.2. The Morgan fingerprint density at radius 1 is 1.12 bits per heavy atom. The van der Waals surface area contributed by atoms with Crippen molar-refractivity contribution >= 4 is 16.9 Å². The van der Waals surface area contributed by atoms with Gasteiger partial charge in [-0.15, -0.1) is 0 Å². The number of nitrogens with one attached hydrogen (secondary N) is 1. The fourth-order valence-corrected chi connectivity index (χ4v) is 5.32. The lowest BCUT2D eigenvalue weighted by atomic mass is 9.81. The van der Waals surface area contributed by atoms with Gasteiger partial charge < -0.3 is 24.1 Å². The molecule has 2 aromatic rings. The number of pyridine rings is 1. The predicted octanol–water partition coefficient (Wildman–Crippen LogP) is 3.76. The van der Waals surface area contributed by atoms with E-state index in [0.717, 1.165) is 69.0 Å². The monoisotopic (exact) mass is 442 g/mol. The molecule has 8 heteroatoms. The van der Waals surface area contributed by atoms with Gasteiger partial charge in [-0.2, -0.15) is 0 Å². The Bertz CT molecular complexity index is 985. The summed E-state index contributed by atoms with van der Waals surface area (Å²) in [5.74, 6) is 0.523. The number of aromatic nitrogens is 3. The summed E-state index contributed by atoms with van der Waals surface area (Å²) in [7, 11) is 0. The lowest BCUT2D eigenvalue weighted by Crippen LogP contribution is -2.35. The lowest BCUT2D eigenvalue weighted by molar-refractivity contribution is -0.178. The number of anilines is 1. The van der Waals surface area contributed by atoms with Crippen molar-refractivity contribution in [1.82, 2.24) is 14.5 Å². The second-order valence-electron chi connectivity index (χ2n) is 9.26. The van der Waals surface area contributed by atoms with Gasteiger partial charge in [0.15, 0.2) is 5.79 Å². The van der Waals surface area contributed by atoms with Crippen molar-refractivity contribution in [2.24, 2.45) is 0 Å². The summed E-state index contributed by atoms with van der Waals surface area (Å²) >= 11 is 0. The Balaban J connectivity index is 1.52. The van der Waals surface area contributed by atoms with Crippen LogP contribution in [0.15, 0.2) is 17.2 Å². The highest BCUT2D eigenvalue weighted by Crippen LogP contribution is 2.43. The van der Waals surface area contributed by atoms with Crippen LogP contribution in [0, 0.1) is 0 Å². The zero-order chi connectivity index (χ0) is 22.0. The summed E-state index contributed by atoms with van der Waals surface area (Å²) in [5, 5.41) is 3.93. The minimum atomic E-state index is -0.399. The topological polar surface area (TPSA) is 87.5 Å². The quantitative estimate of drug-likeness (QED) is 0.682. The van der Waals surface area contributed by atoms with E-state index >= 15 is 0 Å². The highest BCUT2D eigenvalue weighted by Gasteiger charge is 2.41. The summed E-state index contributed by atoms with van der Waals surface area (Å²) in [4.78, 5) is 22.7. The van der Waals surface area contributed by atoms with Crippen LogP contribution in [0.4, 0.5) is 5.95 Å². The maximum Gasteiger partial charge on any atom is 0.261 e. The third kappa shape index (κ3) is 4.28. The number of fused-ring (bicyclic) bond motifs is 1. The zero-order valence-corrected chi connectivity index (χ0v) is 19.0. The second-order valence-corrected chi connectivity index (χ2v) is 9.26. The van der Waals surface area contributed by atoms with Gasteiger partial charge in [0.25, 0.3) is 5.56 Å². The summed E-state index contributed by atoms with van der Waals surface area (Å²) in [5.41, 5.74) is 1.95. The maximum atomic E-state index is 13.4. The van der Waals surface area contributed by atoms with Gasteiger partial charge in [-0.1, -0.05) is 13.3 Å². The molecule has 174 valence electrons. The first kappa shape index (κ1) is 21.8. The van der Waals surface area contributed by atoms with Crippen LogP contribution in [-0.2, 0) is 14.2 Å². The van der Waals surface area contributed by atoms with E-state index in [-0.39, 0.29) is 11.6 Å². The third-order valence-electron chi connectivity index (χ3n) is 7.20. The molecule has 2 aliphatic heterocycles. The van der Waals surface area contributed by atoms with Crippen molar-refractivity contribution < 1.29 is 14.2 Å². The van der Waals surface area contributed by atoms with Gasteiger partial charge >= 0.3 is 0 Å². The molecule has 32 heavy (non-hydrogen) atoms. The Kier molecular flexibility index (Phi) is 6.44. The summed E-state index contributed by atoms with van der Waals surface area (Å²) in [6.07, 6.45) is 11.4. The number of hydrogen-bond acceptors (Lipinski definition) is 7. The molecule has 8 nitrogen and oxygen atoms in total. The molecule has 1 aliphatic carbocycles. The Labute approximate surface area is 188 Å². The predicted molar refractivity (Wildman–Crippen MR) is 122 cm³/mol. The molecule has 1 saturated carbocycles. The molecule has 5 rings (SSSR count). The van der Waals surface area contributed by atoms with Gasteiger partial charge in [0.1, 0.15) is 0 Å². The van der Waals surface area contributed by atoms with Crippen molar-refractivity contribution in [1.29, 1.82) is 0 Å². The Hall–Kier alpha value is -2.03. The van der Waals surface area contributed by atoms with Crippen LogP contribution >= 0.6 is 0 Å². The third-order valence-corrected chi connectivity index (χ3v) is 7.20. The molecular formula is C24H34N4O4. The molecule has 1 spiro atoms. The van der Waals surface area contributed by atoms with Crippen LogP contribution in [0.2, 0.25) is 0 Å². The average molecular weight is 443 g/mol. The fraction of sp³-hybridized carbons (Fsp3) is 0.708. The molecule has 2 saturated heterocycles. The largest absolute Gasteiger partial charge is 0.381 e. The minimum Gasteiger partial charge on any atom is -0.381 e. The molecule has 0 radical (unpaired) electrons. The standard InChI is InChI=1S/C24H34N4O4/c1-2-3-10-25-23-26-15-19-21(27-23)20(16-28(22(19)29)18-6-11-30-12-7-18)17-4-8-24(9-5-17)31-13-14-32-24/h15-18H,2-14H2,1H3,(H,25,26,27). The average Bonchev–Trinajstić information content (AvgIpc) is 3.29. The van der Waals surface area contributed by atoms with E-state index in [1.165, 1.54) is 0 Å². The van der Waals surface area contributed by atoms with Gasteiger partial charge in [-0.25, -0.2) is 9.97 Å². The van der Waals surface area contributed by atoms with Gasteiger partial charge in [-0.3, -0.25) is 4.79 Å². The summed E-state index contributed by atoms with van der Waals surface area (Å²) in [6, 6.07) is 0.165. The molecule has 0 aromatic carbocycles. The molecule has 3 fully saturated rings. The van der Waals surface area contributed by atoms with Gasteiger partial charge in [-0.05, 0) is 43.6 Å². The van der Waals surface area contributed by atoms with Crippen LogP contribution in [0.1, 0.15) is 75.8 Å². The van der Waals surface area contributed by atoms with E-state index in [0.29, 0.717) is 43.7 Å². The number of ether oxygens (including phenoxy) is 3. The van der Waals surface area contributed by atoms with Crippen LogP contribution in [0.5, 0.6) is 0 Å². The Morgan fingerprint density at radius 3 is 2.59 bits per heavy atom. The lowest BCUT2D eigenvalue weighted by Gasteiger charge is -2.36. The summed E-state index contributed by atoms with van der Waals surface area (Å²) in [6.45, 7) is 5.75. The molecule has 2 aromatic heterocycles. The first-order chi connectivity index (χ1) is 15.7. The highest BCUT2D eigenvalue weighted by molar-refractivity contribution is 5.81. The second kappa shape index (κ2) is 9.45. The number of rotatable bonds is 6. The molecule has 3 aliphatic rings. The first-order valence-corrected chi connectivity index (χ1v) is 12.2. The molecule has 0 amide bonds. The minimum absolute atomic E-state index is 0.00509. The van der Waals surface area contributed by atoms with Gasteiger partial charge in [0.05, 0.1) is 24.1 Å². The van der Waals surface area contributed by atoms with Crippen molar-refractivity contribution in [2.75, 3.05) is 38.3 Å². The normalized spacial score (nSPS) is 22.0. The molecule has 1 N–H and O–H groups in total. The smallest absolute Gasteiger partial charge is 0.261 e. The molecular weight excluding hydrogens is 408 g/mol. The van der Waals surface area contributed by atoms with Gasteiger partial charge in [0.2, 0.25) is 5.95 Å². The highest BCUT2D eigenvalue weighted by atomic mass is 16.7. The van der Waals surface area contributed by atoms with E-state index in [2.05, 4.69) is 23.4 Å². The van der Waals surface area contributed by atoms with Crippen molar-refractivity contribution in [2.45, 2.75) is 76.0 Å². The Morgan fingerprint density at radius 2 is 1.88 bits per heavy atom. The fourth-order valence-electron chi connectivity index (χ4n) is 5.32. The SMILES string of the molecule is CCCCNc1ncc2c(=O)n(C3CCOCC3)cc(C3CCC4(CC3)OCCO4)c2n1. The van der Waals surface area contributed by atoms with Gasteiger partial charge in [0, 0.05) is 51.0 Å². The van der Waals surface area contributed by atoms with E-state index in [4.69, 9.17) is 19.2 Å². The van der Waals surface area contributed by atoms with Crippen LogP contribution in [0.3, 0.4) is 0 Å². The van der Waals surface area contributed by atoms with Crippen molar-refractivity contribution in [3.8, 4) is 0 Å². The zero-order valence-electron chi connectivity index (χ0n) is 19.0. The van der Waals surface area contributed by atoms with E-state index in [1.807, 2.05) is 4.57 Å². The van der Waals surface area contributed by atoms with Crippen LogP contribution in [-0.4, -0.2) is 53.3 Å². The number of unbranched alkanes of at least 4 members (excludes halogenated alkanes) is 1. The van der Waals surface area contributed by atoms with E-state index < -0.39 is 5.79 Å². The summed E-state index contributed by atoms with van der Waals surface area (Å²) < 4.78 is 19.3. The van der Waals surface area contributed by atoms with Crippen molar-refractivity contribution in [3.05, 3.63) is 28.3 Å². The van der Waals surface area contributed by atoms with Crippen LogP contribution < -0.4 is 10.9 Å².